The van der Waals surface area contributed by atoms with Gasteiger partial charge in [0.2, 0.25) is 5.91 Å². The van der Waals surface area contributed by atoms with Gasteiger partial charge < -0.3 is 14.4 Å². The Labute approximate surface area is 153 Å². The number of amides is 1. The van der Waals surface area contributed by atoms with Gasteiger partial charge in [-0.25, -0.2) is 4.98 Å². The van der Waals surface area contributed by atoms with Crippen molar-refractivity contribution in [3.8, 4) is 0 Å². The first-order valence-electron chi connectivity index (χ1n) is 9.57. The van der Waals surface area contributed by atoms with Crippen molar-refractivity contribution in [1.82, 2.24) is 24.9 Å². The smallest absolute Gasteiger partial charge is 0.226 e. The fourth-order valence-electron chi connectivity index (χ4n) is 3.78. The summed E-state index contributed by atoms with van der Waals surface area (Å²) in [5, 5.41) is 7.15. The van der Waals surface area contributed by atoms with Gasteiger partial charge in [-0.1, -0.05) is 11.6 Å². The van der Waals surface area contributed by atoms with Crippen LogP contribution >= 0.6 is 0 Å². The molecule has 2 aromatic rings. The third kappa shape index (κ3) is 3.67. The molecule has 0 saturated heterocycles. The Morgan fingerprint density at radius 3 is 2.88 bits per heavy atom. The maximum Gasteiger partial charge on any atom is 0.226 e. The highest BCUT2D eigenvalue weighted by molar-refractivity contribution is 5.78. The Morgan fingerprint density at radius 1 is 1.35 bits per heavy atom. The van der Waals surface area contributed by atoms with Gasteiger partial charge in [-0.15, -0.1) is 0 Å². The van der Waals surface area contributed by atoms with Crippen LogP contribution in [0.2, 0.25) is 0 Å². The molecule has 1 fully saturated rings. The van der Waals surface area contributed by atoms with E-state index in [1.54, 1.807) is 0 Å². The molecule has 0 radical (unpaired) electrons. The molecule has 0 spiro atoms. The van der Waals surface area contributed by atoms with Gasteiger partial charge in [0.05, 0.1) is 23.9 Å². The van der Waals surface area contributed by atoms with Crippen molar-refractivity contribution < 1.29 is 9.32 Å². The van der Waals surface area contributed by atoms with E-state index in [-0.39, 0.29) is 11.9 Å². The molecule has 4 rings (SSSR count). The van der Waals surface area contributed by atoms with Crippen molar-refractivity contribution in [2.75, 3.05) is 13.1 Å². The molecule has 0 bridgehead atoms. The SMILES string of the molecule is Cc1cc(CN2CCn3cc(CC(=O)NCC4CCC4)nc3[C@H]2C)no1. The lowest BCUT2D eigenvalue weighted by molar-refractivity contribution is -0.120. The first-order chi connectivity index (χ1) is 12.6. The molecule has 7 nitrogen and oxygen atoms in total. The van der Waals surface area contributed by atoms with Crippen LogP contribution < -0.4 is 5.32 Å². The maximum atomic E-state index is 12.2. The molecule has 1 atom stereocenters. The predicted molar refractivity (Wildman–Crippen MR) is 96.3 cm³/mol. The Morgan fingerprint density at radius 2 is 2.19 bits per heavy atom. The molecule has 140 valence electrons. The number of fused-ring (bicyclic) bond motifs is 1. The third-order valence-electron chi connectivity index (χ3n) is 5.60. The molecular formula is C19H27N5O2. The molecule has 1 N–H and O–H groups in total. The van der Waals surface area contributed by atoms with E-state index in [0.717, 1.165) is 49.2 Å². The summed E-state index contributed by atoms with van der Waals surface area (Å²) >= 11 is 0. The Bertz CT molecular complexity index is 777. The number of hydrogen-bond donors (Lipinski definition) is 1. The number of carbonyl (C=O) groups excluding carboxylic acids is 1. The van der Waals surface area contributed by atoms with Crippen LogP contribution in [0.25, 0.3) is 0 Å². The van der Waals surface area contributed by atoms with Crippen molar-refractivity contribution in [1.29, 1.82) is 0 Å². The summed E-state index contributed by atoms with van der Waals surface area (Å²) in [6.45, 7) is 7.45. The first kappa shape index (κ1) is 17.3. The lowest BCUT2D eigenvalue weighted by Crippen LogP contribution is -2.36. The summed E-state index contributed by atoms with van der Waals surface area (Å²) in [5.74, 6) is 2.62. The minimum atomic E-state index is 0.0786. The van der Waals surface area contributed by atoms with E-state index in [4.69, 9.17) is 9.51 Å². The molecule has 0 aromatic carbocycles. The highest BCUT2D eigenvalue weighted by Crippen LogP contribution is 2.27. The van der Waals surface area contributed by atoms with Gasteiger partial charge in [-0.05, 0) is 32.6 Å². The zero-order valence-corrected chi connectivity index (χ0v) is 15.6. The number of aromatic nitrogens is 3. The van der Waals surface area contributed by atoms with Crippen molar-refractivity contribution in [3.63, 3.8) is 0 Å². The quantitative estimate of drug-likeness (QED) is 0.858. The van der Waals surface area contributed by atoms with E-state index < -0.39 is 0 Å². The second kappa shape index (κ2) is 7.23. The minimum absolute atomic E-state index is 0.0786. The van der Waals surface area contributed by atoms with E-state index in [1.807, 2.05) is 19.2 Å². The first-order valence-corrected chi connectivity index (χ1v) is 9.57. The summed E-state index contributed by atoms with van der Waals surface area (Å²) in [5.41, 5.74) is 1.81. The van der Waals surface area contributed by atoms with Crippen molar-refractivity contribution in [3.05, 3.63) is 35.2 Å². The number of aryl methyl sites for hydroxylation is 1. The fraction of sp³-hybridized carbons (Fsp3) is 0.632. The molecule has 3 heterocycles. The number of imidazole rings is 1. The second-order valence-electron chi connectivity index (χ2n) is 7.64. The Hall–Kier alpha value is -2.15. The third-order valence-corrected chi connectivity index (χ3v) is 5.60. The van der Waals surface area contributed by atoms with Crippen LogP contribution in [0, 0.1) is 12.8 Å². The van der Waals surface area contributed by atoms with Gasteiger partial charge in [0, 0.05) is 38.4 Å². The Kier molecular flexibility index (Phi) is 4.80. The maximum absolute atomic E-state index is 12.2. The van der Waals surface area contributed by atoms with Gasteiger partial charge in [-0.2, -0.15) is 0 Å². The number of carbonyl (C=O) groups is 1. The monoisotopic (exact) mass is 357 g/mol. The van der Waals surface area contributed by atoms with Crippen LogP contribution in [0.1, 0.15) is 55.2 Å². The predicted octanol–water partition coefficient (Wildman–Crippen LogP) is 2.22. The normalized spacial score (nSPS) is 20.6. The van der Waals surface area contributed by atoms with Crippen molar-refractivity contribution in [2.24, 2.45) is 5.92 Å². The van der Waals surface area contributed by atoms with Gasteiger partial charge in [0.15, 0.2) is 0 Å². The van der Waals surface area contributed by atoms with Crippen LogP contribution in [-0.2, 0) is 24.3 Å². The molecule has 1 aliphatic carbocycles. The summed E-state index contributed by atoms with van der Waals surface area (Å²) in [7, 11) is 0. The highest BCUT2D eigenvalue weighted by atomic mass is 16.5. The average molecular weight is 357 g/mol. The van der Waals surface area contributed by atoms with Crippen LogP contribution in [0.5, 0.6) is 0 Å². The van der Waals surface area contributed by atoms with Crippen LogP contribution in [0.15, 0.2) is 16.8 Å². The molecular weight excluding hydrogens is 330 g/mol. The zero-order valence-electron chi connectivity index (χ0n) is 15.6. The van der Waals surface area contributed by atoms with Crippen molar-refractivity contribution >= 4 is 5.91 Å². The van der Waals surface area contributed by atoms with Crippen molar-refractivity contribution in [2.45, 2.75) is 58.7 Å². The van der Waals surface area contributed by atoms with Gasteiger partial charge >= 0.3 is 0 Å². The van der Waals surface area contributed by atoms with E-state index in [1.165, 1.54) is 19.3 Å². The fourth-order valence-corrected chi connectivity index (χ4v) is 3.78. The molecule has 0 unspecified atom stereocenters. The largest absolute Gasteiger partial charge is 0.361 e. The minimum Gasteiger partial charge on any atom is -0.361 e. The summed E-state index contributed by atoms with van der Waals surface area (Å²) in [6, 6.07) is 2.17. The Balaban J connectivity index is 1.36. The van der Waals surface area contributed by atoms with Crippen LogP contribution in [0.3, 0.4) is 0 Å². The summed E-state index contributed by atoms with van der Waals surface area (Å²) < 4.78 is 7.35. The summed E-state index contributed by atoms with van der Waals surface area (Å²) in [6.07, 6.45) is 6.19. The molecule has 1 aliphatic heterocycles. The van der Waals surface area contributed by atoms with Crippen LogP contribution in [-0.4, -0.2) is 38.6 Å². The lowest BCUT2D eigenvalue weighted by Gasteiger charge is -2.32. The number of hydrogen-bond acceptors (Lipinski definition) is 5. The number of nitrogens with zero attached hydrogens (tertiary/aromatic N) is 4. The zero-order chi connectivity index (χ0) is 18.1. The lowest BCUT2D eigenvalue weighted by atomic mass is 9.85. The van der Waals surface area contributed by atoms with Crippen LogP contribution in [0.4, 0.5) is 0 Å². The van der Waals surface area contributed by atoms with E-state index in [0.29, 0.717) is 12.3 Å². The number of nitrogens with one attached hydrogen (secondary N) is 1. The molecule has 7 heteroatoms. The van der Waals surface area contributed by atoms with E-state index >= 15 is 0 Å². The van der Waals surface area contributed by atoms with E-state index in [9.17, 15) is 4.79 Å². The second-order valence-corrected chi connectivity index (χ2v) is 7.64. The molecule has 1 saturated carbocycles. The number of rotatable bonds is 6. The molecule has 2 aliphatic rings. The van der Waals surface area contributed by atoms with Gasteiger partial charge in [0.25, 0.3) is 0 Å². The molecule has 26 heavy (non-hydrogen) atoms. The average Bonchev–Trinajstić information content (AvgIpc) is 3.15. The standard InChI is InChI=1S/C19H27N5O2/c1-13-8-17(22-26-13)12-23-6-7-24-11-16(21-19(24)14(23)2)9-18(25)20-10-15-4-3-5-15/h8,11,14-15H,3-7,9-10,12H2,1-2H3,(H,20,25)/t14-/m1/s1. The summed E-state index contributed by atoms with van der Waals surface area (Å²) in [4.78, 5) is 19.3. The van der Waals surface area contributed by atoms with E-state index in [2.05, 4.69) is 26.9 Å². The highest BCUT2D eigenvalue weighted by Gasteiger charge is 2.27. The molecule has 1 amide bonds. The van der Waals surface area contributed by atoms with Gasteiger partial charge in [0.1, 0.15) is 11.6 Å². The topological polar surface area (TPSA) is 76.2 Å². The van der Waals surface area contributed by atoms with Gasteiger partial charge in [-0.3, -0.25) is 9.69 Å². The molecule has 2 aromatic heterocycles.